The zero-order chi connectivity index (χ0) is 17.1. The van der Waals surface area contributed by atoms with Crippen LogP contribution in [0.2, 0.25) is 0 Å². The van der Waals surface area contributed by atoms with Gasteiger partial charge < -0.3 is 9.64 Å². The van der Waals surface area contributed by atoms with Crippen molar-refractivity contribution in [1.29, 1.82) is 10.7 Å². The van der Waals surface area contributed by atoms with Gasteiger partial charge in [0.1, 0.15) is 11.7 Å². The summed E-state index contributed by atoms with van der Waals surface area (Å²) in [5.74, 6) is 0.226. The van der Waals surface area contributed by atoms with Crippen LogP contribution < -0.4 is 9.64 Å². The summed E-state index contributed by atoms with van der Waals surface area (Å²) in [5.41, 5.74) is 3.30. The first kappa shape index (κ1) is 16.1. The molecule has 4 nitrogen and oxygen atoms in total. The predicted molar refractivity (Wildman–Crippen MR) is 95.7 cm³/mol. The summed E-state index contributed by atoms with van der Waals surface area (Å²) >= 11 is 0. The van der Waals surface area contributed by atoms with Gasteiger partial charge in [-0.25, -0.2) is 0 Å². The van der Waals surface area contributed by atoms with Crippen molar-refractivity contribution in [2.75, 3.05) is 19.0 Å². The fraction of sp³-hybridized carbons (Fsp3) is 0.300. The van der Waals surface area contributed by atoms with Crippen LogP contribution in [0.1, 0.15) is 23.5 Å². The van der Waals surface area contributed by atoms with Crippen molar-refractivity contribution in [3.63, 3.8) is 0 Å². The zero-order valence-corrected chi connectivity index (χ0v) is 14.0. The van der Waals surface area contributed by atoms with Crippen LogP contribution in [0.15, 0.2) is 48.5 Å². The lowest BCUT2D eigenvalue weighted by molar-refractivity contribution is 0.416. The van der Waals surface area contributed by atoms with Crippen LogP contribution in [0.25, 0.3) is 0 Å². The maximum Gasteiger partial charge on any atom is 0.205 e. The first-order valence-electron chi connectivity index (χ1n) is 8.11. The summed E-state index contributed by atoms with van der Waals surface area (Å²) in [5, 5.41) is 17.6. The molecule has 1 aliphatic heterocycles. The van der Waals surface area contributed by atoms with E-state index in [1.807, 2.05) is 55.4 Å². The number of anilines is 1. The molecule has 0 radical (unpaired) electrons. The highest BCUT2D eigenvalue weighted by Crippen LogP contribution is 2.42. The molecule has 0 bridgehead atoms. The van der Waals surface area contributed by atoms with Crippen LogP contribution in [-0.2, 0) is 6.42 Å². The lowest BCUT2D eigenvalue weighted by Gasteiger charge is -2.31. The molecule has 24 heavy (non-hydrogen) atoms. The average Bonchev–Trinajstić information content (AvgIpc) is 2.59. The monoisotopic (exact) mass is 319 g/mol. The second-order valence-corrected chi connectivity index (χ2v) is 6.32. The molecular formula is C20H21N3O. The first-order valence-corrected chi connectivity index (χ1v) is 8.11. The fourth-order valence-electron chi connectivity index (χ4n) is 3.18. The third kappa shape index (κ3) is 3.11. The number of nitrogens with one attached hydrogen (secondary N) is 1. The summed E-state index contributed by atoms with van der Waals surface area (Å²) in [6.07, 6.45) is 1.70. The Balaban J connectivity index is 1.91. The van der Waals surface area contributed by atoms with Gasteiger partial charge in [0.25, 0.3) is 0 Å². The van der Waals surface area contributed by atoms with Crippen LogP contribution >= 0.6 is 0 Å². The van der Waals surface area contributed by atoms with Crippen LogP contribution in [0.4, 0.5) is 5.69 Å². The van der Waals surface area contributed by atoms with E-state index in [0.29, 0.717) is 5.75 Å². The van der Waals surface area contributed by atoms with E-state index in [-0.39, 0.29) is 11.8 Å². The topological polar surface area (TPSA) is 60.1 Å². The van der Waals surface area contributed by atoms with E-state index in [9.17, 15) is 5.26 Å². The molecule has 1 aliphatic rings. The Morgan fingerprint density at radius 3 is 2.58 bits per heavy atom. The maximum absolute atomic E-state index is 9.52. The summed E-state index contributed by atoms with van der Waals surface area (Å²) in [6, 6.07) is 18.6. The Bertz CT molecular complexity index is 777. The Hall–Kier alpha value is -2.80. The molecule has 2 atom stereocenters. The number of rotatable bonds is 4. The van der Waals surface area contributed by atoms with E-state index in [1.54, 1.807) is 0 Å². The van der Waals surface area contributed by atoms with Crippen molar-refractivity contribution >= 4 is 11.6 Å². The summed E-state index contributed by atoms with van der Waals surface area (Å²) in [6.45, 7) is 0. The quantitative estimate of drug-likeness (QED) is 0.927. The minimum Gasteiger partial charge on any atom is -0.442 e. The molecular weight excluding hydrogens is 298 g/mol. The van der Waals surface area contributed by atoms with Crippen LogP contribution in [0, 0.1) is 22.7 Å². The minimum atomic E-state index is -0.522. The number of ether oxygens (including phenoxy) is 1. The van der Waals surface area contributed by atoms with E-state index >= 15 is 0 Å². The fourth-order valence-corrected chi connectivity index (χ4v) is 3.18. The van der Waals surface area contributed by atoms with Gasteiger partial charge in [0.2, 0.25) is 5.90 Å². The van der Waals surface area contributed by atoms with Gasteiger partial charge in [-0.05, 0) is 30.0 Å². The largest absolute Gasteiger partial charge is 0.442 e. The highest BCUT2D eigenvalue weighted by atomic mass is 16.5. The number of benzene rings is 2. The maximum atomic E-state index is 9.52. The molecule has 3 rings (SSSR count). The van der Waals surface area contributed by atoms with Crippen molar-refractivity contribution in [1.82, 2.24) is 0 Å². The van der Waals surface area contributed by atoms with E-state index in [0.717, 1.165) is 24.1 Å². The molecule has 2 aromatic rings. The van der Waals surface area contributed by atoms with E-state index < -0.39 is 5.92 Å². The van der Waals surface area contributed by atoms with Crippen LogP contribution in [0.5, 0.6) is 5.75 Å². The molecule has 2 aromatic carbocycles. The lowest BCUT2D eigenvalue weighted by Crippen LogP contribution is -2.30. The van der Waals surface area contributed by atoms with Gasteiger partial charge in [0, 0.05) is 31.8 Å². The molecule has 0 amide bonds. The SMILES string of the molecule is CN(C)c1ccc2c(c1)OC(=N)C(C#N)C2CCc1ccccc1. The molecule has 0 fully saturated rings. The molecule has 0 aromatic heterocycles. The Morgan fingerprint density at radius 2 is 1.92 bits per heavy atom. The van der Waals surface area contributed by atoms with Gasteiger partial charge >= 0.3 is 0 Å². The Morgan fingerprint density at radius 1 is 1.17 bits per heavy atom. The van der Waals surface area contributed by atoms with E-state index in [2.05, 4.69) is 18.2 Å². The lowest BCUT2D eigenvalue weighted by atomic mass is 9.80. The zero-order valence-electron chi connectivity index (χ0n) is 14.0. The molecule has 1 heterocycles. The molecule has 122 valence electrons. The van der Waals surface area contributed by atoms with Gasteiger partial charge in [0.05, 0.1) is 6.07 Å². The number of fused-ring (bicyclic) bond motifs is 1. The van der Waals surface area contributed by atoms with Gasteiger partial charge in [-0.1, -0.05) is 36.4 Å². The highest BCUT2D eigenvalue weighted by Gasteiger charge is 2.35. The van der Waals surface area contributed by atoms with Crippen LogP contribution in [-0.4, -0.2) is 20.0 Å². The third-order valence-electron chi connectivity index (χ3n) is 4.54. The number of hydrogen-bond donors (Lipinski definition) is 1. The van der Waals surface area contributed by atoms with Crippen molar-refractivity contribution in [2.24, 2.45) is 5.92 Å². The van der Waals surface area contributed by atoms with Crippen molar-refractivity contribution in [2.45, 2.75) is 18.8 Å². The standard InChI is InChI=1S/C20H21N3O/c1-23(2)15-9-11-17-16(10-8-14-6-4-3-5-7-14)18(13-21)20(22)24-19(17)12-15/h3-7,9,11-12,16,18,22H,8,10H2,1-2H3. The molecule has 1 N–H and O–H groups in total. The molecule has 0 saturated heterocycles. The molecule has 4 heteroatoms. The van der Waals surface area contributed by atoms with Crippen molar-refractivity contribution in [3.8, 4) is 11.8 Å². The molecule has 2 unspecified atom stereocenters. The number of hydrogen-bond acceptors (Lipinski definition) is 4. The average molecular weight is 319 g/mol. The van der Waals surface area contributed by atoms with Gasteiger partial charge in [-0.3, -0.25) is 5.41 Å². The molecule has 0 aliphatic carbocycles. The molecule has 0 saturated carbocycles. The van der Waals surface area contributed by atoms with Gasteiger partial charge in [-0.2, -0.15) is 5.26 Å². The third-order valence-corrected chi connectivity index (χ3v) is 4.54. The van der Waals surface area contributed by atoms with E-state index in [4.69, 9.17) is 10.1 Å². The number of nitriles is 1. The predicted octanol–water partition coefficient (Wildman–Crippen LogP) is 3.98. The van der Waals surface area contributed by atoms with E-state index in [1.165, 1.54) is 5.56 Å². The Kier molecular flexibility index (Phi) is 4.52. The second-order valence-electron chi connectivity index (χ2n) is 6.32. The summed E-state index contributed by atoms with van der Waals surface area (Å²) in [7, 11) is 3.95. The van der Waals surface area contributed by atoms with Crippen LogP contribution in [0.3, 0.4) is 0 Å². The van der Waals surface area contributed by atoms with Gasteiger partial charge in [-0.15, -0.1) is 0 Å². The summed E-state index contributed by atoms with van der Waals surface area (Å²) < 4.78 is 5.64. The number of aryl methyl sites for hydroxylation is 1. The Labute approximate surface area is 142 Å². The summed E-state index contributed by atoms with van der Waals surface area (Å²) in [4.78, 5) is 2.00. The smallest absolute Gasteiger partial charge is 0.205 e. The highest BCUT2D eigenvalue weighted by molar-refractivity contribution is 5.84. The number of nitrogens with zero attached hydrogens (tertiary/aromatic N) is 2. The van der Waals surface area contributed by atoms with Gasteiger partial charge in [0.15, 0.2) is 0 Å². The minimum absolute atomic E-state index is 0.0114. The van der Waals surface area contributed by atoms with Crippen molar-refractivity contribution < 1.29 is 4.74 Å². The molecule has 0 spiro atoms. The van der Waals surface area contributed by atoms with Crippen molar-refractivity contribution in [3.05, 3.63) is 59.7 Å². The normalized spacial score (nSPS) is 19.1. The second kappa shape index (κ2) is 6.76. The first-order chi connectivity index (χ1) is 11.6.